The average Bonchev–Trinajstić information content (AvgIpc) is 3.43. The third-order valence-corrected chi connectivity index (χ3v) is 7.30. The van der Waals surface area contributed by atoms with Crippen molar-refractivity contribution in [3.63, 3.8) is 0 Å². The predicted octanol–water partition coefficient (Wildman–Crippen LogP) is 3.41. The molecule has 1 saturated heterocycles. The number of urea groups is 1. The molecule has 43 heavy (non-hydrogen) atoms. The van der Waals surface area contributed by atoms with Crippen LogP contribution in [0.1, 0.15) is 24.2 Å². The van der Waals surface area contributed by atoms with Crippen LogP contribution in [0.3, 0.4) is 0 Å². The Morgan fingerprint density at radius 1 is 0.977 bits per heavy atom. The minimum absolute atomic E-state index is 0.0666. The Morgan fingerprint density at radius 2 is 1.65 bits per heavy atom. The molecular formula is C30H38N10O3. The lowest BCUT2D eigenvalue weighted by Crippen LogP contribution is -2.44. The summed E-state index contributed by atoms with van der Waals surface area (Å²) >= 11 is 0. The highest BCUT2D eigenvalue weighted by Gasteiger charge is 2.26. The zero-order valence-corrected chi connectivity index (χ0v) is 25.2. The molecule has 4 aromatic rings. The monoisotopic (exact) mass is 586 g/mol. The number of hydrogen-bond donors (Lipinski definition) is 2. The van der Waals surface area contributed by atoms with Gasteiger partial charge in [-0.15, -0.1) is 5.10 Å². The van der Waals surface area contributed by atoms with Gasteiger partial charge in [0.1, 0.15) is 0 Å². The number of hydrogen-bond acceptors (Lipinski definition) is 9. The fraction of sp³-hybridized carbons (Fsp3) is 0.400. The Balaban J connectivity index is 1.26. The molecule has 0 aliphatic carbocycles. The zero-order valence-electron chi connectivity index (χ0n) is 25.2. The Bertz CT molecular complexity index is 1570. The summed E-state index contributed by atoms with van der Waals surface area (Å²) in [6.45, 7) is 8.08. The van der Waals surface area contributed by atoms with E-state index in [9.17, 15) is 9.59 Å². The molecule has 1 atom stereocenters. The van der Waals surface area contributed by atoms with Crippen molar-refractivity contribution in [3.8, 4) is 11.4 Å². The third-order valence-electron chi connectivity index (χ3n) is 7.30. The van der Waals surface area contributed by atoms with Crippen molar-refractivity contribution >= 4 is 40.3 Å². The van der Waals surface area contributed by atoms with Gasteiger partial charge in [0.2, 0.25) is 0 Å². The molecule has 0 saturated carbocycles. The standard InChI is InChI=1S/C30H38N10O3/c1-6-40-28-25(35-36-40)27(39-17-18-43-19-20(39)2)33-26(34-28)21-7-11-23(12-8-21)31-30(42)32-24-13-9-22(10-14-24)29(41)38(5)16-15-37(3)4/h7-14,20H,6,15-19H2,1-5H3,(H2,31,32,42)/t20-/m0/s1. The number of carbonyl (C=O) groups excluding carboxylic acids is 2. The van der Waals surface area contributed by atoms with Crippen LogP contribution < -0.4 is 15.5 Å². The molecule has 0 unspecified atom stereocenters. The van der Waals surface area contributed by atoms with E-state index in [1.165, 1.54) is 0 Å². The minimum Gasteiger partial charge on any atom is -0.377 e. The van der Waals surface area contributed by atoms with E-state index in [1.54, 1.807) is 53.0 Å². The van der Waals surface area contributed by atoms with Crippen LogP contribution in [0, 0.1) is 0 Å². The molecule has 3 heterocycles. The highest BCUT2D eigenvalue weighted by Crippen LogP contribution is 2.29. The van der Waals surface area contributed by atoms with Crippen LogP contribution in [0.2, 0.25) is 0 Å². The van der Waals surface area contributed by atoms with Crippen molar-refractivity contribution in [1.29, 1.82) is 0 Å². The summed E-state index contributed by atoms with van der Waals surface area (Å²) in [5.74, 6) is 1.23. The zero-order chi connectivity index (χ0) is 30.5. The molecular weight excluding hydrogens is 548 g/mol. The average molecular weight is 587 g/mol. The maximum atomic E-state index is 12.7. The number of anilines is 3. The lowest BCUT2D eigenvalue weighted by atomic mass is 10.2. The van der Waals surface area contributed by atoms with E-state index in [2.05, 4.69) is 32.8 Å². The lowest BCUT2D eigenvalue weighted by Gasteiger charge is -2.34. The molecule has 5 rings (SSSR count). The number of nitrogens with one attached hydrogen (secondary N) is 2. The number of ether oxygens (including phenoxy) is 1. The smallest absolute Gasteiger partial charge is 0.323 e. The SMILES string of the molecule is CCn1nnc2c(N3CCOC[C@@H]3C)nc(-c3ccc(NC(=O)Nc4ccc(C(=O)N(C)CCN(C)C)cc4)cc3)nc21. The summed E-state index contributed by atoms with van der Waals surface area (Å²) in [4.78, 5) is 40.9. The van der Waals surface area contributed by atoms with Crippen molar-refractivity contribution < 1.29 is 14.3 Å². The van der Waals surface area contributed by atoms with Gasteiger partial charge in [0.15, 0.2) is 22.8 Å². The maximum Gasteiger partial charge on any atom is 0.323 e. The molecule has 2 aromatic carbocycles. The number of aryl methyl sites for hydroxylation is 1. The Morgan fingerprint density at radius 3 is 2.28 bits per heavy atom. The van der Waals surface area contributed by atoms with E-state index in [4.69, 9.17) is 14.7 Å². The van der Waals surface area contributed by atoms with Gasteiger partial charge in [0.05, 0.1) is 19.3 Å². The minimum atomic E-state index is -0.394. The van der Waals surface area contributed by atoms with Crippen molar-refractivity contribution in [3.05, 3.63) is 54.1 Å². The number of nitrogens with zero attached hydrogens (tertiary/aromatic N) is 8. The van der Waals surface area contributed by atoms with Gasteiger partial charge in [-0.05, 0) is 76.5 Å². The third kappa shape index (κ3) is 6.89. The van der Waals surface area contributed by atoms with Crippen LogP contribution in [0.5, 0.6) is 0 Å². The quantitative estimate of drug-likeness (QED) is 0.303. The maximum absolute atomic E-state index is 12.7. The van der Waals surface area contributed by atoms with Gasteiger partial charge in [-0.1, -0.05) is 5.21 Å². The van der Waals surface area contributed by atoms with E-state index in [1.807, 2.05) is 38.1 Å². The summed E-state index contributed by atoms with van der Waals surface area (Å²) in [5, 5.41) is 14.3. The summed E-state index contributed by atoms with van der Waals surface area (Å²) in [5.41, 5.74) is 3.90. The first kappa shape index (κ1) is 29.9. The fourth-order valence-corrected chi connectivity index (χ4v) is 4.79. The predicted molar refractivity (Wildman–Crippen MR) is 166 cm³/mol. The van der Waals surface area contributed by atoms with Gasteiger partial charge in [0.25, 0.3) is 5.91 Å². The van der Waals surface area contributed by atoms with Gasteiger partial charge in [0, 0.05) is 55.7 Å². The molecule has 1 aliphatic heterocycles. The first-order chi connectivity index (χ1) is 20.7. The molecule has 3 amide bonds. The number of carbonyl (C=O) groups is 2. The van der Waals surface area contributed by atoms with Gasteiger partial charge < -0.3 is 30.1 Å². The second-order valence-electron chi connectivity index (χ2n) is 10.8. The topological polar surface area (TPSA) is 134 Å². The van der Waals surface area contributed by atoms with Crippen LogP contribution in [0.25, 0.3) is 22.6 Å². The molecule has 2 N–H and O–H groups in total. The van der Waals surface area contributed by atoms with E-state index < -0.39 is 6.03 Å². The number of fused-ring (bicyclic) bond motifs is 1. The highest BCUT2D eigenvalue weighted by molar-refractivity contribution is 6.00. The van der Waals surface area contributed by atoms with E-state index in [-0.39, 0.29) is 11.9 Å². The summed E-state index contributed by atoms with van der Waals surface area (Å²) in [6, 6.07) is 14.0. The second-order valence-corrected chi connectivity index (χ2v) is 10.8. The Kier molecular flexibility index (Phi) is 9.12. The first-order valence-electron chi connectivity index (χ1n) is 14.4. The number of amides is 3. The summed E-state index contributed by atoms with van der Waals surface area (Å²) in [6.07, 6.45) is 0. The van der Waals surface area contributed by atoms with Crippen LogP contribution in [-0.2, 0) is 11.3 Å². The number of rotatable bonds is 9. The van der Waals surface area contributed by atoms with E-state index in [0.717, 1.165) is 17.9 Å². The number of benzene rings is 2. The largest absolute Gasteiger partial charge is 0.377 e. The van der Waals surface area contributed by atoms with Crippen molar-refractivity contribution in [2.75, 3.05) is 69.5 Å². The molecule has 0 bridgehead atoms. The molecule has 2 aromatic heterocycles. The molecule has 13 nitrogen and oxygen atoms in total. The molecule has 1 fully saturated rings. The summed E-state index contributed by atoms with van der Waals surface area (Å²) in [7, 11) is 5.72. The Labute approximate surface area is 250 Å². The van der Waals surface area contributed by atoms with E-state index in [0.29, 0.717) is 66.8 Å². The van der Waals surface area contributed by atoms with Crippen LogP contribution in [-0.4, -0.2) is 107 Å². The van der Waals surface area contributed by atoms with Gasteiger partial charge in [-0.2, -0.15) is 0 Å². The molecule has 13 heteroatoms. The molecule has 0 radical (unpaired) electrons. The van der Waals surface area contributed by atoms with Crippen LogP contribution >= 0.6 is 0 Å². The highest BCUT2D eigenvalue weighted by atomic mass is 16.5. The van der Waals surface area contributed by atoms with Crippen LogP contribution in [0.4, 0.5) is 22.0 Å². The van der Waals surface area contributed by atoms with E-state index >= 15 is 0 Å². The lowest BCUT2D eigenvalue weighted by molar-refractivity contribution is 0.0786. The second kappa shape index (κ2) is 13.1. The summed E-state index contributed by atoms with van der Waals surface area (Å²) < 4.78 is 7.39. The van der Waals surface area contributed by atoms with Crippen molar-refractivity contribution in [1.82, 2.24) is 34.8 Å². The molecule has 226 valence electrons. The molecule has 1 aliphatic rings. The number of aromatic nitrogens is 5. The normalized spacial score (nSPS) is 15.1. The number of morpholine rings is 1. The molecule has 0 spiro atoms. The van der Waals surface area contributed by atoms with Crippen molar-refractivity contribution in [2.24, 2.45) is 0 Å². The van der Waals surface area contributed by atoms with Gasteiger partial charge >= 0.3 is 6.03 Å². The van der Waals surface area contributed by atoms with Gasteiger partial charge in [-0.25, -0.2) is 19.4 Å². The van der Waals surface area contributed by atoms with Gasteiger partial charge in [-0.3, -0.25) is 4.79 Å². The Hall–Kier alpha value is -4.62. The number of likely N-dealkylation sites (N-methyl/N-ethyl adjacent to an activating group) is 2. The fourth-order valence-electron chi connectivity index (χ4n) is 4.79. The van der Waals surface area contributed by atoms with Crippen molar-refractivity contribution in [2.45, 2.75) is 26.4 Å². The van der Waals surface area contributed by atoms with Crippen LogP contribution in [0.15, 0.2) is 48.5 Å². The first-order valence-corrected chi connectivity index (χ1v) is 14.4.